The van der Waals surface area contributed by atoms with E-state index in [0.717, 1.165) is 35.3 Å². The molecule has 1 heterocycles. The summed E-state index contributed by atoms with van der Waals surface area (Å²) in [6, 6.07) is 12.4. The third-order valence-electron chi connectivity index (χ3n) is 5.76. The van der Waals surface area contributed by atoms with Gasteiger partial charge in [-0.25, -0.2) is 13.2 Å². The first-order valence-corrected chi connectivity index (χ1v) is 13.5. The summed E-state index contributed by atoms with van der Waals surface area (Å²) in [7, 11) is -2.61. The zero-order valence-corrected chi connectivity index (χ0v) is 21.3. The van der Waals surface area contributed by atoms with Gasteiger partial charge in [0, 0.05) is 16.1 Å². The standard InChI is InChI=1S/C25H25N3O6S2/c1-15-7-13-18(14-8-15)36(32,33)28-17-11-9-16(10-12-17)22(29)26-24-21(23(30)27-25(31)34-2)19-5-3-4-6-20(19)35-24/h7-14,28H,3-6H2,1-2H3,(H,26,29)(H,27,30,31). The summed E-state index contributed by atoms with van der Waals surface area (Å²) >= 11 is 1.32. The van der Waals surface area contributed by atoms with Gasteiger partial charge in [-0.1, -0.05) is 17.7 Å². The summed E-state index contributed by atoms with van der Waals surface area (Å²) in [5.41, 5.74) is 2.64. The van der Waals surface area contributed by atoms with Gasteiger partial charge in [0.2, 0.25) is 0 Å². The average molecular weight is 528 g/mol. The Morgan fingerprint density at radius 3 is 2.25 bits per heavy atom. The summed E-state index contributed by atoms with van der Waals surface area (Å²) in [5, 5.41) is 5.31. The van der Waals surface area contributed by atoms with Gasteiger partial charge < -0.3 is 10.1 Å². The predicted molar refractivity (Wildman–Crippen MR) is 137 cm³/mol. The smallest absolute Gasteiger partial charge is 0.413 e. The minimum atomic E-state index is -3.77. The molecule has 0 saturated carbocycles. The molecular formula is C25H25N3O6S2. The second kappa shape index (κ2) is 10.5. The zero-order valence-electron chi connectivity index (χ0n) is 19.7. The lowest BCUT2D eigenvalue weighted by molar-refractivity contribution is 0.0937. The van der Waals surface area contributed by atoms with Gasteiger partial charge in [0.1, 0.15) is 5.00 Å². The van der Waals surface area contributed by atoms with Crippen LogP contribution in [-0.4, -0.2) is 33.4 Å². The van der Waals surface area contributed by atoms with E-state index in [4.69, 9.17) is 0 Å². The number of aryl methyl sites for hydroxylation is 2. The highest BCUT2D eigenvalue weighted by molar-refractivity contribution is 7.92. The fourth-order valence-corrected chi connectivity index (χ4v) is 6.24. The summed E-state index contributed by atoms with van der Waals surface area (Å²) in [4.78, 5) is 38.5. The molecule has 0 spiro atoms. The molecule has 36 heavy (non-hydrogen) atoms. The van der Waals surface area contributed by atoms with Gasteiger partial charge in [-0.15, -0.1) is 11.3 Å². The highest BCUT2D eigenvalue weighted by Gasteiger charge is 2.27. The Morgan fingerprint density at radius 1 is 0.917 bits per heavy atom. The van der Waals surface area contributed by atoms with Gasteiger partial charge in [0.05, 0.1) is 17.6 Å². The van der Waals surface area contributed by atoms with Crippen LogP contribution in [0.15, 0.2) is 53.4 Å². The van der Waals surface area contributed by atoms with Crippen molar-refractivity contribution in [3.63, 3.8) is 0 Å². The average Bonchev–Trinajstić information content (AvgIpc) is 3.22. The maximum atomic E-state index is 13.0. The van der Waals surface area contributed by atoms with E-state index in [1.165, 1.54) is 54.8 Å². The first kappa shape index (κ1) is 25.4. The first-order valence-electron chi connectivity index (χ1n) is 11.2. The number of rotatable bonds is 6. The Kier molecular flexibility index (Phi) is 7.41. The summed E-state index contributed by atoms with van der Waals surface area (Å²) in [6.07, 6.45) is 2.50. The molecule has 3 N–H and O–H groups in total. The fraction of sp³-hybridized carbons (Fsp3) is 0.240. The SMILES string of the molecule is COC(=O)NC(=O)c1c(NC(=O)c2ccc(NS(=O)(=O)c3ccc(C)cc3)cc2)sc2c1CCCC2. The number of anilines is 2. The maximum Gasteiger partial charge on any atom is 0.413 e. The lowest BCUT2D eigenvalue weighted by Gasteiger charge is -2.12. The second-order valence-corrected chi connectivity index (χ2v) is 11.1. The van der Waals surface area contributed by atoms with Crippen LogP contribution in [0.3, 0.4) is 0 Å². The Morgan fingerprint density at radius 2 is 1.58 bits per heavy atom. The van der Waals surface area contributed by atoms with Crippen molar-refractivity contribution in [2.75, 3.05) is 17.1 Å². The number of methoxy groups -OCH3 is 1. The molecule has 1 aliphatic rings. The molecule has 0 radical (unpaired) electrons. The monoisotopic (exact) mass is 527 g/mol. The van der Waals surface area contributed by atoms with Gasteiger partial charge in [-0.2, -0.15) is 0 Å². The van der Waals surface area contributed by atoms with E-state index in [2.05, 4.69) is 20.1 Å². The third kappa shape index (κ3) is 5.58. The number of hydrogen-bond acceptors (Lipinski definition) is 7. The van der Waals surface area contributed by atoms with Crippen LogP contribution >= 0.6 is 11.3 Å². The molecular weight excluding hydrogens is 502 g/mol. The molecule has 1 aromatic heterocycles. The number of benzene rings is 2. The van der Waals surface area contributed by atoms with Crippen molar-refractivity contribution in [2.24, 2.45) is 0 Å². The van der Waals surface area contributed by atoms with Gasteiger partial charge in [-0.05, 0) is 74.6 Å². The van der Waals surface area contributed by atoms with E-state index >= 15 is 0 Å². The minimum Gasteiger partial charge on any atom is -0.453 e. The number of imide groups is 1. The van der Waals surface area contributed by atoms with Crippen molar-refractivity contribution in [3.8, 4) is 0 Å². The molecule has 11 heteroatoms. The van der Waals surface area contributed by atoms with Crippen LogP contribution in [0.4, 0.5) is 15.5 Å². The largest absolute Gasteiger partial charge is 0.453 e. The number of fused-ring (bicyclic) bond motifs is 1. The highest BCUT2D eigenvalue weighted by atomic mass is 32.2. The van der Waals surface area contributed by atoms with E-state index in [9.17, 15) is 22.8 Å². The van der Waals surface area contributed by atoms with Crippen LogP contribution in [0.5, 0.6) is 0 Å². The number of amides is 3. The Balaban J connectivity index is 1.52. The van der Waals surface area contributed by atoms with Crippen molar-refractivity contribution < 1.29 is 27.5 Å². The van der Waals surface area contributed by atoms with Crippen molar-refractivity contribution in [1.29, 1.82) is 0 Å². The Labute approximate surface area is 212 Å². The molecule has 2 aromatic carbocycles. The molecule has 3 aromatic rings. The van der Waals surface area contributed by atoms with Gasteiger partial charge in [0.25, 0.3) is 21.8 Å². The van der Waals surface area contributed by atoms with Gasteiger partial charge in [0.15, 0.2) is 0 Å². The lowest BCUT2D eigenvalue weighted by atomic mass is 9.95. The summed E-state index contributed by atoms with van der Waals surface area (Å²) < 4.78 is 32.2. The molecule has 0 atom stereocenters. The number of sulfonamides is 1. The highest BCUT2D eigenvalue weighted by Crippen LogP contribution is 2.38. The molecule has 1 aliphatic carbocycles. The van der Waals surface area contributed by atoms with Crippen LogP contribution in [-0.2, 0) is 27.6 Å². The van der Waals surface area contributed by atoms with Crippen LogP contribution in [0.25, 0.3) is 0 Å². The van der Waals surface area contributed by atoms with Crippen LogP contribution < -0.4 is 15.4 Å². The zero-order chi connectivity index (χ0) is 25.9. The van der Waals surface area contributed by atoms with Crippen LogP contribution in [0.2, 0.25) is 0 Å². The fourth-order valence-electron chi connectivity index (χ4n) is 3.90. The maximum absolute atomic E-state index is 13.0. The minimum absolute atomic E-state index is 0.134. The topological polar surface area (TPSA) is 131 Å². The second-order valence-electron chi connectivity index (χ2n) is 8.31. The van der Waals surface area contributed by atoms with Crippen LogP contribution in [0.1, 0.15) is 49.6 Å². The van der Waals surface area contributed by atoms with Crippen LogP contribution in [0, 0.1) is 6.92 Å². The number of ether oxygens (including phenoxy) is 1. The van der Waals surface area contributed by atoms with E-state index in [1.807, 2.05) is 6.92 Å². The Hall–Kier alpha value is -3.70. The van der Waals surface area contributed by atoms with E-state index in [-0.39, 0.29) is 16.0 Å². The third-order valence-corrected chi connectivity index (χ3v) is 8.36. The molecule has 4 rings (SSSR count). The molecule has 0 bridgehead atoms. The number of alkyl carbamates (subject to hydrolysis) is 1. The van der Waals surface area contributed by atoms with Gasteiger partial charge >= 0.3 is 6.09 Å². The van der Waals surface area contributed by atoms with E-state index < -0.39 is 27.9 Å². The number of carbonyl (C=O) groups is 3. The predicted octanol–water partition coefficient (Wildman–Crippen LogP) is 4.48. The molecule has 0 fully saturated rings. The van der Waals surface area contributed by atoms with Crippen molar-refractivity contribution in [3.05, 3.63) is 75.7 Å². The number of nitrogens with one attached hydrogen (secondary N) is 3. The molecule has 0 aliphatic heterocycles. The number of thiophene rings is 1. The number of hydrogen-bond donors (Lipinski definition) is 3. The lowest BCUT2D eigenvalue weighted by Crippen LogP contribution is -2.31. The van der Waals surface area contributed by atoms with Crippen molar-refractivity contribution in [1.82, 2.24) is 5.32 Å². The summed E-state index contributed by atoms with van der Waals surface area (Å²) in [5.74, 6) is -1.09. The van der Waals surface area contributed by atoms with Crippen molar-refractivity contribution >= 4 is 50.0 Å². The molecule has 3 amide bonds. The quantitative estimate of drug-likeness (QED) is 0.433. The molecule has 0 unspecified atom stereocenters. The van der Waals surface area contributed by atoms with Gasteiger partial charge in [-0.3, -0.25) is 19.6 Å². The van der Waals surface area contributed by atoms with E-state index in [0.29, 0.717) is 17.1 Å². The Bertz CT molecular complexity index is 1410. The molecule has 9 nitrogen and oxygen atoms in total. The summed E-state index contributed by atoms with van der Waals surface area (Å²) in [6.45, 7) is 1.87. The molecule has 0 saturated heterocycles. The number of carbonyl (C=O) groups excluding carboxylic acids is 3. The van der Waals surface area contributed by atoms with Crippen molar-refractivity contribution in [2.45, 2.75) is 37.5 Å². The van der Waals surface area contributed by atoms with E-state index in [1.54, 1.807) is 12.1 Å². The molecule has 188 valence electrons. The normalized spacial score (nSPS) is 12.8. The first-order chi connectivity index (χ1) is 17.2.